The summed E-state index contributed by atoms with van der Waals surface area (Å²) >= 11 is 7.21. The summed E-state index contributed by atoms with van der Waals surface area (Å²) < 4.78 is 5.27. The van der Waals surface area contributed by atoms with Crippen LogP contribution in [0, 0.1) is 0 Å². The summed E-state index contributed by atoms with van der Waals surface area (Å²) in [6.45, 7) is 2.03. The fourth-order valence-corrected chi connectivity index (χ4v) is 1.24. The van der Waals surface area contributed by atoms with Gasteiger partial charge in [0, 0.05) is 5.75 Å². The molecular formula is C8H9ClOS. The highest BCUT2D eigenvalue weighted by atomic mass is 35.5. The highest BCUT2D eigenvalue weighted by Gasteiger charge is 1.97. The Kier molecular flexibility index (Phi) is 3.60. The molecule has 0 spiro atoms. The van der Waals surface area contributed by atoms with Crippen molar-refractivity contribution in [2.75, 3.05) is 5.75 Å². The third-order valence-corrected chi connectivity index (χ3v) is 1.95. The second-order valence-electron chi connectivity index (χ2n) is 1.92. The number of benzene rings is 1. The average Bonchev–Trinajstić information content (AvgIpc) is 2.03. The SMILES string of the molecule is CCSOc1ccccc1Cl. The van der Waals surface area contributed by atoms with E-state index in [0.717, 1.165) is 11.5 Å². The van der Waals surface area contributed by atoms with E-state index in [0.29, 0.717) is 5.02 Å². The monoisotopic (exact) mass is 188 g/mol. The fraction of sp³-hybridized carbons (Fsp3) is 0.250. The number of rotatable bonds is 3. The van der Waals surface area contributed by atoms with Crippen molar-refractivity contribution in [3.8, 4) is 5.75 Å². The summed E-state index contributed by atoms with van der Waals surface area (Å²) in [7, 11) is 0. The van der Waals surface area contributed by atoms with Crippen LogP contribution in [-0.2, 0) is 0 Å². The van der Waals surface area contributed by atoms with Crippen molar-refractivity contribution in [1.29, 1.82) is 0 Å². The summed E-state index contributed by atoms with van der Waals surface area (Å²) in [5.41, 5.74) is 0. The van der Waals surface area contributed by atoms with Gasteiger partial charge >= 0.3 is 0 Å². The number of hydrogen-bond acceptors (Lipinski definition) is 2. The molecule has 0 amide bonds. The zero-order chi connectivity index (χ0) is 8.10. The van der Waals surface area contributed by atoms with Crippen LogP contribution in [0.4, 0.5) is 0 Å². The lowest BCUT2D eigenvalue weighted by molar-refractivity contribution is 0.647. The first-order valence-corrected chi connectivity index (χ1v) is 4.67. The van der Waals surface area contributed by atoms with E-state index in [1.54, 1.807) is 0 Å². The summed E-state index contributed by atoms with van der Waals surface area (Å²) in [6, 6.07) is 7.45. The summed E-state index contributed by atoms with van der Waals surface area (Å²) in [4.78, 5) is 0. The molecule has 1 nitrogen and oxygen atoms in total. The van der Waals surface area contributed by atoms with Crippen molar-refractivity contribution in [1.82, 2.24) is 0 Å². The van der Waals surface area contributed by atoms with E-state index in [1.165, 1.54) is 12.0 Å². The number of halogens is 1. The maximum absolute atomic E-state index is 5.82. The van der Waals surface area contributed by atoms with Crippen molar-refractivity contribution in [3.63, 3.8) is 0 Å². The van der Waals surface area contributed by atoms with Gasteiger partial charge in [-0.05, 0) is 12.1 Å². The second-order valence-corrected chi connectivity index (χ2v) is 3.31. The zero-order valence-corrected chi connectivity index (χ0v) is 7.78. The molecular weight excluding hydrogens is 180 g/mol. The first-order chi connectivity index (χ1) is 5.34. The Bertz CT molecular complexity index is 227. The van der Waals surface area contributed by atoms with Crippen molar-refractivity contribution < 1.29 is 4.18 Å². The Labute approximate surface area is 75.9 Å². The largest absolute Gasteiger partial charge is 0.424 e. The molecule has 0 unspecified atom stereocenters. The van der Waals surface area contributed by atoms with Gasteiger partial charge in [0.15, 0.2) is 5.75 Å². The Balaban J connectivity index is 2.62. The van der Waals surface area contributed by atoms with Crippen LogP contribution in [0.3, 0.4) is 0 Å². The molecule has 0 aliphatic carbocycles. The summed E-state index contributed by atoms with van der Waals surface area (Å²) in [5.74, 6) is 1.66. The van der Waals surface area contributed by atoms with Gasteiger partial charge in [-0.15, -0.1) is 0 Å². The lowest BCUT2D eigenvalue weighted by atomic mass is 10.3. The van der Waals surface area contributed by atoms with E-state index >= 15 is 0 Å². The normalized spacial score (nSPS) is 9.64. The molecule has 0 heterocycles. The third-order valence-electron chi connectivity index (χ3n) is 1.10. The van der Waals surface area contributed by atoms with E-state index in [2.05, 4.69) is 0 Å². The molecule has 0 aromatic heterocycles. The molecule has 0 atom stereocenters. The Hall–Kier alpha value is -0.340. The molecule has 1 aromatic rings. The van der Waals surface area contributed by atoms with E-state index in [1.807, 2.05) is 31.2 Å². The predicted molar refractivity (Wildman–Crippen MR) is 50.2 cm³/mol. The Morgan fingerprint density at radius 2 is 2.18 bits per heavy atom. The lowest BCUT2D eigenvalue weighted by Crippen LogP contribution is -1.82. The number of para-hydroxylation sites is 1. The van der Waals surface area contributed by atoms with Gasteiger partial charge in [-0.2, -0.15) is 0 Å². The van der Waals surface area contributed by atoms with Crippen molar-refractivity contribution in [3.05, 3.63) is 29.3 Å². The Morgan fingerprint density at radius 3 is 2.82 bits per heavy atom. The molecule has 11 heavy (non-hydrogen) atoms. The van der Waals surface area contributed by atoms with E-state index in [9.17, 15) is 0 Å². The van der Waals surface area contributed by atoms with Crippen molar-refractivity contribution in [2.45, 2.75) is 6.92 Å². The maximum Gasteiger partial charge on any atom is 0.155 e. The van der Waals surface area contributed by atoms with Crippen LogP contribution in [0.1, 0.15) is 6.92 Å². The molecule has 3 heteroatoms. The van der Waals surface area contributed by atoms with Gasteiger partial charge in [0.05, 0.1) is 17.1 Å². The molecule has 1 aromatic carbocycles. The van der Waals surface area contributed by atoms with Crippen LogP contribution in [0.25, 0.3) is 0 Å². The van der Waals surface area contributed by atoms with E-state index < -0.39 is 0 Å². The molecule has 0 bridgehead atoms. The predicted octanol–water partition coefficient (Wildman–Crippen LogP) is 3.39. The van der Waals surface area contributed by atoms with Gasteiger partial charge in [-0.3, -0.25) is 0 Å². The molecule has 0 N–H and O–H groups in total. The van der Waals surface area contributed by atoms with E-state index in [4.69, 9.17) is 15.8 Å². The van der Waals surface area contributed by atoms with Gasteiger partial charge in [-0.1, -0.05) is 30.7 Å². The molecule has 1 rings (SSSR count). The van der Waals surface area contributed by atoms with Crippen LogP contribution >= 0.6 is 23.6 Å². The minimum atomic E-state index is 0.661. The van der Waals surface area contributed by atoms with Gasteiger partial charge in [0.2, 0.25) is 0 Å². The second kappa shape index (κ2) is 4.52. The topological polar surface area (TPSA) is 9.23 Å². The van der Waals surface area contributed by atoms with Crippen LogP contribution in [0.15, 0.2) is 24.3 Å². The van der Waals surface area contributed by atoms with Crippen LogP contribution < -0.4 is 4.18 Å². The minimum absolute atomic E-state index is 0.661. The molecule has 0 aliphatic rings. The van der Waals surface area contributed by atoms with Crippen LogP contribution in [0.5, 0.6) is 5.75 Å². The van der Waals surface area contributed by atoms with Crippen molar-refractivity contribution >= 4 is 23.6 Å². The Morgan fingerprint density at radius 1 is 1.45 bits per heavy atom. The zero-order valence-electron chi connectivity index (χ0n) is 6.21. The maximum atomic E-state index is 5.82. The first kappa shape index (κ1) is 8.75. The van der Waals surface area contributed by atoms with Crippen molar-refractivity contribution in [2.24, 2.45) is 0 Å². The van der Waals surface area contributed by atoms with Gasteiger partial charge in [-0.25, -0.2) is 0 Å². The lowest BCUT2D eigenvalue weighted by Gasteiger charge is -2.02. The minimum Gasteiger partial charge on any atom is -0.424 e. The average molecular weight is 189 g/mol. The molecule has 0 radical (unpaired) electrons. The third kappa shape index (κ3) is 2.64. The molecule has 0 saturated carbocycles. The van der Waals surface area contributed by atoms with Crippen LogP contribution in [0.2, 0.25) is 5.02 Å². The fourth-order valence-electron chi connectivity index (χ4n) is 0.635. The van der Waals surface area contributed by atoms with Gasteiger partial charge in [0.1, 0.15) is 0 Å². The van der Waals surface area contributed by atoms with Gasteiger partial charge < -0.3 is 4.18 Å². The molecule has 0 fully saturated rings. The molecule has 0 aliphatic heterocycles. The van der Waals surface area contributed by atoms with Gasteiger partial charge in [0.25, 0.3) is 0 Å². The standard InChI is InChI=1S/C8H9ClOS/c1-2-11-10-8-6-4-3-5-7(8)9/h3-6H,2H2,1H3. The smallest absolute Gasteiger partial charge is 0.155 e. The quantitative estimate of drug-likeness (QED) is 0.673. The number of hydrogen-bond donors (Lipinski definition) is 0. The summed E-state index contributed by atoms with van der Waals surface area (Å²) in [5, 5.41) is 0.661. The van der Waals surface area contributed by atoms with Crippen LogP contribution in [-0.4, -0.2) is 5.75 Å². The highest BCUT2D eigenvalue weighted by molar-refractivity contribution is 7.94. The first-order valence-electron chi connectivity index (χ1n) is 3.38. The van der Waals surface area contributed by atoms with E-state index in [-0.39, 0.29) is 0 Å². The molecule has 60 valence electrons. The highest BCUT2D eigenvalue weighted by Crippen LogP contribution is 2.25. The molecule has 0 saturated heterocycles. The summed E-state index contributed by atoms with van der Waals surface area (Å²) in [6.07, 6.45) is 0.